The fourth-order valence-corrected chi connectivity index (χ4v) is 1.76. The molecule has 0 atom stereocenters. The average Bonchev–Trinajstić information content (AvgIpc) is 3.00. The predicted molar refractivity (Wildman–Crippen MR) is 70.5 cm³/mol. The van der Waals surface area contributed by atoms with E-state index in [-0.39, 0.29) is 5.91 Å². The fourth-order valence-electron chi connectivity index (χ4n) is 1.76. The number of nitrogens with zero attached hydrogens (tertiary/aromatic N) is 4. The molecule has 0 bridgehead atoms. The van der Waals surface area contributed by atoms with Crippen molar-refractivity contribution in [1.29, 1.82) is 0 Å². The van der Waals surface area contributed by atoms with E-state index in [1.807, 2.05) is 17.8 Å². The van der Waals surface area contributed by atoms with E-state index in [2.05, 4.69) is 15.3 Å². The van der Waals surface area contributed by atoms with E-state index in [9.17, 15) is 4.79 Å². The van der Waals surface area contributed by atoms with Gasteiger partial charge in [0.2, 0.25) is 0 Å². The maximum absolute atomic E-state index is 11.8. The minimum Gasteiger partial charge on any atom is -0.350 e. The largest absolute Gasteiger partial charge is 0.350 e. The number of hydrogen-bond donors (Lipinski definition) is 2. The molecule has 0 fully saturated rings. The SMILES string of the molecule is Cn1ccnc1CCNC(=O)c1cn(CCN)cn1. The van der Waals surface area contributed by atoms with Crippen LogP contribution < -0.4 is 11.1 Å². The molecule has 2 heterocycles. The van der Waals surface area contributed by atoms with Crippen LogP contribution in [0.5, 0.6) is 0 Å². The summed E-state index contributed by atoms with van der Waals surface area (Å²) in [4.78, 5) is 20.1. The number of nitrogens with one attached hydrogen (secondary N) is 1. The number of aromatic nitrogens is 4. The summed E-state index contributed by atoms with van der Waals surface area (Å²) in [5.41, 5.74) is 5.85. The van der Waals surface area contributed by atoms with Crippen molar-refractivity contribution < 1.29 is 4.79 Å². The molecular weight excluding hydrogens is 244 g/mol. The Labute approximate surface area is 111 Å². The predicted octanol–water partition coefficient (Wildman–Crippen LogP) is -0.452. The van der Waals surface area contributed by atoms with E-state index in [0.717, 1.165) is 5.82 Å². The summed E-state index contributed by atoms with van der Waals surface area (Å²) in [6.07, 6.45) is 7.62. The average molecular weight is 262 g/mol. The Balaban J connectivity index is 1.82. The summed E-state index contributed by atoms with van der Waals surface area (Å²) in [5, 5.41) is 2.82. The van der Waals surface area contributed by atoms with Crippen LogP contribution in [0.4, 0.5) is 0 Å². The van der Waals surface area contributed by atoms with Crippen LogP contribution >= 0.6 is 0 Å². The molecule has 0 spiro atoms. The molecule has 0 aliphatic heterocycles. The molecule has 1 amide bonds. The van der Waals surface area contributed by atoms with Crippen molar-refractivity contribution in [2.24, 2.45) is 12.8 Å². The molecule has 2 aromatic heterocycles. The third kappa shape index (κ3) is 3.41. The molecule has 0 unspecified atom stereocenters. The van der Waals surface area contributed by atoms with E-state index >= 15 is 0 Å². The van der Waals surface area contributed by atoms with E-state index in [0.29, 0.717) is 31.7 Å². The monoisotopic (exact) mass is 262 g/mol. The Kier molecular flexibility index (Phi) is 4.30. The third-order valence-corrected chi connectivity index (χ3v) is 2.81. The first kappa shape index (κ1) is 13.3. The third-order valence-electron chi connectivity index (χ3n) is 2.81. The van der Waals surface area contributed by atoms with Crippen molar-refractivity contribution in [3.8, 4) is 0 Å². The molecule has 3 N–H and O–H groups in total. The summed E-state index contributed by atoms with van der Waals surface area (Å²) in [6, 6.07) is 0. The van der Waals surface area contributed by atoms with Crippen molar-refractivity contribution in [3.05, 3.63) is 36.4 Å². The van der Waals surface area contributed by atoms with Crippen molar-refractivity contribution in [1.82, 2.24) is 24.4 Å². The second-order valence-corrected chi connectivity index (χ2v) is 4.25. The highest BCUT2D eigenvalue weighted by molar-refractivity contribution is 5.91. The summed E-state index contributed by atoms with van der Waals surface area (Å²) in [7, 11) is 1.93. The minimum absolute atomic E-state index is 0.176. The molecule has 0 aliphatic rings. The van der Waals surface area contributed by atoms with Crippen LogP contribution in [0, 0.1) is 0 Å². The van der Waals surface area contributed by atoms with Crippen molar-refractivity contribution in [3.63, 3.8) is 0 Å². The second kappa shape index (κ2) is 6.14. The smallest absolute Gasteiger partial charge is 0.271 e. The first-order valence-corrected chi connectivity index (χ1v) is 6.17. The van der Waals surface area contributed by atoms with E-state index in [1.165, 1.54) is 0 Å². The number of carbonyl (C=O) groups is 1. The second-order valence-electron chi connectivity index (χ2n) is 4.25. The molecule has 0 saturated carbocycles. The standard InChI is InChI=1S/C12H18N6O/c1-17-7-5-14-11(17)2-4-15-12(19)10-8-18(6-3-13)9-16-10/h5,7-9H,2-4,6,13H2,1H3,(H,15,19). The molecule has 0 aromatic carbocycles. The van der Waals surface area contributed by atoms with Crippen LogP contribution in [0.15, 0.2) is 24.9 Å². The lowest BCUT2D eigenvalue weighted by molar-refractivity contribution is 0.0949. The van der Waals surface area contributed by atoms with Crippen LogP contribution in [-0.2, 0) is 20.0 Å². The molecular formula is C12H18N6O. The zero-order valence-corrected chi connectivity index (χ0v) is 10.9. The van der Waals surface area contributed by atoms with Gasteiger partial charge in [0.25, 0.3) is 5.91 Å². The first-order valence-electron chi connectivity index (χ1n) is 6.17. The van der Waals surface area contributed by atoms with Gasteiger partial charge in [0.15, 0.2) is 0 Å². The van der Waals surface area contributed by atoms with Gasteiger partial charge in [-0.15, -0.1) is 0 Å². The van der Waals surface area contributed by atoms with E-state index in [1.54, 1.807) is 23.3 Å². The summed E-state index contributed by atoms with van der Waals surface area (Å²) in [5.74, 6) is 0.763. The molecule has 2 rings (SSSR count). The number of amides is 1. The number of rotatable bonds is 6. The van der Waals surface area contributed by atoms with Crippen molar-refractivity contribution >= 4 is 5.91 Å². The van der Waals surface area contributed by atoms with E-state index in [4.69, 9.17) is 5.73 Å². The number of carbonyl (C=O) groups excluding carboxylic acids is 1. The van der Waals surface area contributed by atoms with Crippen LogP contribution in [0.2, 0.25) is 0 Å². The van der Waals surface area contributed by atoms with Gasteiger partial charge in [0.05, 0.1) is 6.33 Å². The maximum Gasteiger partial charge on any atom is 0.271 e. The molecule has 19 heavy (non-hydrogen) atoms. The summed E-state index contributed by atoms with van der Waals surface area (Å²) in [6.45, 7) is 1.72. The molecule has 0 aliphatic carbocycles. The maximum atomic E-state index is 11.8. The molecule has 0 saturated heterocycles. The molecule has 102 valence electrons. The molecule has 7 heteroatoms. The Morgan fingerprint density at radius 3 is 3.00 bits per heavy atom. The molecule has 7 nitrogen and oxygen atoms in total. The van der Waals surface area contributed by atoms with Crippen molar-refractivity contribution in [2.75, 3.05) is 13.1 Å². The van der Waals surface area contributed by atoms with Gasteiger partial charge in [-0.3, -0.25) is 4.79 Å². The van der Waals surface area contributed by atoms with Gasteiger partial charge in [-0.2, -0.15) is 0 Å². The Hall–Kier alpha value is -2.15. The van der Waals surface area contributed by atoms with Crippen LogP contribution in [0.3, 0.4) is 0 Å². The number of imidazole rings is 2. The number of hydrogen-bond acceptors (Lipinski definition) is 4. The van der Waals surface area contributed by atoms with Gasteiger partial charge in [0.1, 0.15) is 11.5 Å². The summed E-state index contributed by atoms with van der Waals surface area (Å²) < 4.78 is 3.73. The van der Waals surface area contributed by atoms with Crippen LogP contribution in [0.25, 0.3) is 0 Å². The molecule has 0 radical (unpaired) electrons. The zero-order chi connectivity index (χ0) is 13.7. The van der Waals surface area contributed by atoms with Gasteiger partial charge < -0.3 is 20.2 Å². The van der Waals surface area contributed by atoms with Crippen LogP contribution in [-0.4, -0.2) is 38.1 Å². The highest BCUT2D eigenvalue weighted by Gasteiger charge is 2.09. The lowest BCUT2D eigenvalue weighted by Gasteiger charge is -2.03. The Morgan fingerprint density at radius 1 is 1.47 bits per heavy atom. The first-order chi connectivity index (χ1) is 9.20. The van der Waals surface area contributed by atoms with Crippen LogP contribution in [0.1, 0.15) is 16.3 Å². The minimum atomic E-state index is -0.176. The highest BCUT2D eigenvalue weighted by atomic mass is 16.1. The zero-order valence-electron chi connectivity index (χ0n) is 10.9. The van der Waals surface area contributed by atoms with E-state index < -0.39 is 0 Å². The van der Waals surface area contributed by atoms with Gasteiger partial charge >= 0.3 is 0 Å². The lowest BCUT2D eigenvalue weighted by atomic mass is 10.3. The van der Waals surface area contributed by atoms with Crippen molar-refractivity contribution in [2.45, 2.75) is 13.0 Å². The number of nitrogens with two attached hydrogens (primary N) is 1. The molecule has 2 aromatic rings. The Bertz CT molecular complexity index is 544. The highest BCUT2D eigenvalue weighted by Crippen LogP contribution is 1.97. The van der Waals surface area contributed by atoms with Gasteiger partial charge in [-0.1, -0.05) is 0 Å². The summed E-state index contributed by atoms with van der Waals surface area (Å²) >= 11 is 0. The Morgan fingerprint density at radius 2 is 2.32 bits per heavy atom. The topological polar surface area (TPSA) is 90.8 Å². The fraction of sp³-hybridized carbons (Fsp3) is 0.417. The number of aryl methyl sites for hydroxylation is 1. The van der Waals surface area contributed by atoms with Gasteiger partial charge in [-0.25, -0.2) is 9.97 Å². The normalized spacial score (nSPS) is 10.6. The lowest BCUT2D eigenvalue weighted by Crippen LogP contribution is -2.26. The van der Waals surface area contributed by atoms with Gasteiger partial charge in [0, 0.05) is 51.7 Å². The van der Waals surface area contributed by atoms with Gasteiger partial charge in [-0.05, 0) is 0 Å². The quantitative estimate of drug-likeness (QED) is 0.737.